The molecule has 0 radical (unpaired) electrons. The lowest BCUT2D eigenvalue weighted by atomic mass is 9.81. The topological polar surface area (TPSA) is 133 Å². The van der Waals surface area contributed by atoms with Gasteiger partial charge >= 0.3 is 6.18 Å². The SMILES string of the molecule is CN(c1nccc(C(F)(F)F)n1)[C@H]1CC[C@H](COCCOCCOCCOCCN=[N+]=[N-])[C@@H]2OC(C)(C)O[C@@H]21. The van der Waals surface area contributed by atoms with Crippen LogP contribution >= 0.6 is 0 Å². The first-order valence-corrected chi connectivity index (χ1v) is 12.9. The predicted octanol–water partition coefficient (Wildman–Crippen LogP) is 3.61. The number of ether oxygens (including phenoxy) is 6. The molecular formula is C24H37F3N6O6. The first kappa shape index (κ1) is 31.3. The van der Waals surface area contributed by atoms with Crippen LogP contribution in [0.1, 0.15) is 32.4 Å². The summed E-state index contributed by atoms with van der Waals surface area (Å²) in [5, 5.41) is 3.37. The van der Waals surface area contributed by atoms with Gasteiger partial charge in [-0.3, -0.25) is 0 Å². The maximum atomic E-state index is 13.2. The summed E-state index contributed by atoms with van der Waals surface area (Å²) >= 11 is 0. The predicted molar refractivity (Wildman–Crippen MR) is 133 cm³/mol. The van der Waals surface area contributed by atoms with Gasteiger partial charge in [-0.15, -0.1) is 0 Å². The Hall–Kier alpha value is -2.26. The molecule has 0 aromatic carbocycles. The zero-order valence-electron chi connectivity index (χ0n) is 22.5. The van der Waals surface area contributed by atoms with Crippen molar-refractivity contribution in [1.29, 1.82) is 0 Å². The van der Waals surface area contributed by atoms with Crippen LogP contribution in [0.25, 0.3) is 10.4 Å². The molecule has 2 aliphatic rings. The Labute approximate surface area is 225 Å². The molecule has 1 aromatic heterocycles. The van der Waals surface area contributed by atoms with E-state index in [-0.39, 0.29) is 30.1 Å². The first-order valence-electron chi connectivity index (χ1n) is 12.9. The third kappa shape index (κ3) is 9.71. The minimum Gasteiger partial charge on any atom is -0.379 e. The van der Waals surface area contributed by atoms with Crippen molar-refractivity contribution in [2.75, 3.05) is 71.3 Å². The number of fused-ring (bicyclic) bond motifs is 1. The molecule has 1 saturated carbocycles. The second kappa shape index (κ2) is 14.9. The normalized spacial score (nSPS) is 24.3. The molecule has 39 heavy (non-hydrogen) atoms. The van der Waals surface area contributed by atoms with Crippen LogP contribution in [0.2, 0.25) is 0 Å². The molecular weight excluding hydrogens is 525 g/mol. The third-order valence-electron chi connectivity index (χ3n) is 6.43. The summed E-state index contributed by atoms with van der Waals surface area (Å²) < 4.78 is 73.9. The largest absolute Gasteiger partial charge is 0.433 e. The minimum atomic E-state index is -4.55. The molecule has 0 unspecified atom stereocenters. The number of halogens is 3. The van der Waals surface area contributed by atoms with Crippen molar-refractivity contribution >= 4 is 5.95 Å². The molecule has 2 heterocycles. The van der Waals surface area contributed by atoms with Gasteiger partial charge in [0.15, 0.2) is 5.79 Å². The zero-order valence-corrected chi connectivity index (χ0v) is 22.5. The van der Waals surface area contributed by atoms with E-state index in [1.54, 1.807) is 11.9 Å². The van der Waals surface area contributed by atoms with Crippen LogP contribution < -0.4 is 4.90 Å². The maximum Gasteiger partial charge on any atom is 0.433 e. The fourth-order valence-electron chi connectivity index (χ4n) is 4.65. The molecule has 2 fully saturated rings. The van der Waals surface area contributed by atoms with Gasteiger partial charge < -0.3 is 33.3 Å². The highest BCUT2D eigenvalue weighted by atomic mass is 19.4. The minimum absolute atomic E-state index is 0.00411. The second-order valence-corrected chi connectivity index (χ2v) is 9.69. The number of anilines is 1. The number of likely N-dealkylation sites (N-methyl/N-ethyl adjacent to an activating group) is 1. The summed E-state index contributed by atoms with van der Waals surface area (Å²) in [5.41, 5.74) is 7.18. The van der Waals surface area contributed by atoms with Gasteiger partial charge in [0.1, 0.15) is 11.8 Å². The van der Waals surface area contributed by atoms with Gasteiger partial charge in [-0.2, -0.15) is 13.2 Å². The van der Waals surface area contributed by atoms with Crippen LogP contribution in [0.3, 0.4) is 0 Å². The van der Waals surface area contributed by atoms with E-state index < -0.39 is 17.7 Å². The number of hydrogen-bond acceptors (Lipinski definition) is 10. The van der Waals surface area contributed by atoms with Crippen LogP contribution in [-0.4, -0.2) is 100 Å². The first-order chi connectivity index (χ1) is 18.6. The van der Waals surface area contributed by atoms with Crippen LogP contribution in [0.4, 0.5) is 19.1 Å². The number of alkyl halides is 3. The standard InChI is InChI=1S/C24H37F3N6O6/c1-23(2)38-20-17(16-37-15-14-36-13-12-35-11-10-34-9-8-30-32-28)4-5-18(21(20)39-23)33(3)22-29-7-6-19(31-22)24(25,26)27/h6-7,17-18,20-21H,4-5,8-16H2,1-3H3/t17-,18+,20+,21-/m1/s1. The smallest absolute Gasteiger partial charge is 0.379 e. The highest BCUT2D eigenvalue weighted by Gasteiger charge is 2.52. The Morgan fingerprint density at radius 3 is 2.28 bits per heavy atom. The van der Waals surface area contributed by atoms with Crippen LogP contribution in [0.15, 0.2) is 17.4 Å². The number of azide groups is 1. The molecule has 0 bridgehead atoms. The van der Waals surface area contributed by atoms with Crippen molar-refractivity contribution in [2.45, 2.75) is 56.9 Å². The summed E-state index contributed by atoms with van der Waals surface area (Å²) in [5.74, 6) is -0.772. The summed E-state index contributed by atoms with van der Waals surface area (Å²) in [4.78, 5) is 12.1. The Balaban J connectivity index is 1.38. The lowest BCUT2D eigenvalue weighted by Gasteiger charge is -2.41. The van der Waals surface area contributed by atoms with Gasteiger partial charge in [0.2, 0.25) is 5.95 Å². The van der Waals surface area contributed by atoms with E-state index in [4.69, 9.17) is 34.0 Å². The van der Waals surface area contributed by atoms with E-state index in [0.717, 1.165) is 18.7 Å². The molecule has 0 amide bonds. The Morgan fingerprint density at radius 2 is 1.64 bits per heavy atom. The lowest BCUT2D eigenvalue weighted by molar-refractivity contribution is -0.151. The van der Waals surface area contributed by atoms with Crippen molar-refractivity contribution < 1.29 is 41.6 Å². The van der Waals surface area contributed by atoms with E-state index in [9.17, 15) is 13.2 Å². The van der Waals surface area contributed by atoms with Crippen molar-refractivity contribution in [3.63, 3.8) is 0 Å². The van der Waals surface area contributed by atoms with Crippen molar-refractivity contribution in [3.8, 4) is 0 Å². The van der Waals surface area contributed by atoms with Gasteiger partial charge in [-0.25, -0.2) is 9.97 Å². The Kier molecular flexibility index (Phi) is 12.0. The maximum absolute atomic E-state index is 13.2. The molecule has 15 heteroatoms. The van der Waals surface area contributed by atoms with Gasteiger partial charge in [0.25, 0.3) is 0 Å². The quantitative estimate of drug-likeness (QED) is 0.128. The molecule has 1 saturated heterocycles. The fraction of sp³-hybridized carbons (Fsp3) is 0.833. The van der Waals surface area contributed by atoms with E-state index in [0.29, 0.717) is 65.8 Å². The van der Waals surface area contributed by atoms with Gasteiger partial charge in [-0.05, 0) is 38.3 Å². The molecule has 1 aliphatic carbocycles. The molecule has 1 aliphatic heterocycles. The van der Waals surface area contributed by atoms with Crippen LogP contribution in [0, 0.1) is 5.92 Å². The number of hydrogen-bond donors (Lipinski definition) is 0. The van der Waals surface area contributed by atoms with Crippen molar-refractivity contribution in [3.05, 3.63) is 28.4 Å². The van der Waals surface area contributed by atoms with Gasteiger partial charge in [0, 0.05) is 30.6 Å². The van der Waals surface area contributed by atoms with Crippen LogP contribution in [-0.2, 0) is 34.6 Å². The fourth-order valence-corrected chi connectivity index (χ4v) is 4.65. The molecule has 220 valence electrons. The zero-order chi connectivity index (χ0) is 28.3. The lowest BCUT2D eigenvalue weighted by Crippen LogP contribution is -2.53. The van der Waals surface area contributed by atoms with E-state index in [2.05, 4.69) is 20.0 Å². The highest BCUT2D eigenvalue weighted by Crippen LogP contribution is 2.42. The molecule has 0 spiro atoms. The van der Waals surface area contributed by atoms with E-state index in [1.165, 1.54) is 0 Å². The second-order valence-electron chi connectivity index (χ2n) is 9.69. The summed E-state index contributed by atoms with van der Waals surface area (Å²) in [6.45, 7) is 7.27. The van der Waals surface area contributed by atoms with Crippen LogP contribution in [0.5, 0.6) is 0 Å². The Bertz CT molecular complexity index is 936. The van der Waals surface area contributed by atoms with Crippen molar-refractivity contribution in [2.24, 2.45) is 11.0 Å². The molecule has 0 N–H and O–H groups in total. The number of rotatable bonds is 16. The van der Waals surface area contributed by atoms with Crippen molar-refractivity contribution in [1.82, 2.24) is 9.97 Å². The third-order valence-corrected chi connectivity index (χ3v) is 6.43. The van der Waals surface area contributed by atoms with E-state index >= 15 is 0 Å². The van der Waals surface area contributed by atoms with E-state index in [1.807, 2.05) is 13.8 Å². The van der Waals surface area contributed by atoms with Gasteiger partial charge in [-0.1, -0.05) is 5.11 Å². The highest BCUT2D eigenvalue weighted by molar-refractivity contribution is 5.33. The summed E-state index contributed by atoms with van der Waals surface area (Å²) in [7, 11) is 1.68. The average Bonchev–Trinajstić information content (AvgIpc) is 3.23. The molecule has 12 nitrogen and oxygen atoms in total. The summed E-state index contributed by atoms with van der Waals surface area (Å²) in [6, 6.07) is 0.605. The average molecular weight is 563 g/mol. The Morgan fingerprint density at radius 1 is 1.03 bits per heavy atom. The number of nitrogens with zero attached hydrogens (tertiary/aromatic N) is 6. The monoisotopic (exact) mass is 562 g/mol. The molecule has 3 rings (SSSR count). The van der Waals surface area contributed by atoms with Gasteiger partial charge in [0.05, 0.1) is 65.0 Å². The molecule has 1 aromatic rings. The summed E-state index contributed by atoms with van der Waals surface area (Å²) in [6.07, 6.45) is -2.68. The number of aromatic nitrogens is 2. The molecule has 4 atom stereocenters.